The summed E-state index contributed by atoms with van der Waals surface area (Å²) in [6, 6.07) is 0. The average Bonchev–Trinajstić information content (AvgIpc) is 2.97. The Kier molecular flexibility index (Phi) is 3.36. The van der Waals surface area contributed by atoms with Crippen LogP contribution in [0, 0.1) is 11.8 Å². The van der Waals surface area contributed by atoms with Gasteiger partial charge in [-0.25, -0.2) is 0 Å². The first-order valence-electron chi connectivity index (χ1n) is 6.43. The Labute approximate surface area is 93.8 Å². The van der Waals surface area contributed by atoms with Crippen molar-refractivity contribution in [3.8, 4) is 0 Å². The van der Waals surface area contributed by atoms with Gasteiger partial charge in [-0.2, -0.15) is 0 Å². The van der Waals surface area contributed by atoms with E-state index in [1.54, 1.807) is 0 Å². The molecule has 0 radical (unpaired) electrons. The Hall–Kier alpha value is -0.0800. The van der Waals surface area contributed by atoms with Gasteiger partial charge in [-0.1, -0.05) is 0 Å². The lowest BCUT2D eigenvalue weighted by atomic mass is 9.90. The molecule has 2 unspecified atom stereocenters. The van der Waals surface area contributed by atoms with E-state index in [1.165, 1.54) is 25.7 Å². The molecule has 1 aliphatic heterocycles. The third-order valence-corrected chi connectivity index (χ3v) is 3.48. The highest BCUT2D eigenvalue weighted by molar-refractivity contribution is 4.90. The van der Waals surface area contributed by atoms with Crippen LogP contribution < -0.4 is 5.32 Å². The zero-order chi connectivity index (χ0) is 10.9. The largest absolute Gasteiger partial charge is 0.378 e. The van der Waals surface area contributed by atoms with Gasteiger partial charge in [-0.05, 0) is 58.3 Å². The SMILES string of the molecule is CC(C)(C)NCC1CCCOC1C1CC1. The van der Waals surface area contributed by atoms with Crippen molar-refractivity contribution in [2.24, 2.45) is 11.8 Å². The molecule has 0 bridgehead atoms. The van der Waals surface area contributed by atoms with E-state index in [9.17, 15) is 0 Å². The van der Waals surface area contributed by atoms with Crippen LogP contribution in [0.25, 0.3) is 0 Å². The summed E-state index contributed by atoms with van der Waals surface area (Å²) in [4.78, 5) is 0. The van der Waals surface area contributed by atoms with Gasteiger partial charge in [0.05, 0.1) is 6.10 Å². The molecule has 2 nitrogen and oxygen atoms in total. The van der Waals surface area contributed by atoms with Crippen molar-refractivity contribution in [2.75, 3.05) is 13.2 Å². The van der Waals surface area contributed by atoms with Crippen LogP contribution in [0.5, 0.6) is 0 Å². The minimum atomic E-state index is 0.242. The Morgan fingerprint density at radius 3 is 2.53 bits per heavy atom. The predicted molar refractivity (Wildman–Crippen MR) is 62.9 cm³/mol. The van der Waals surface area contributed by atoms with Crippen LogP contribution in [0.15, 0.2) is 0 Å². The molecule has 2 atom stereocenters. The minimum Gasteiger partial charge on any atom is -0.378 e. The average molecular weight is 211 g/mol. The fourth-order valence-corrected chi connectivity index (χ4v) is 2.47. The molecule has 1 saturated carbocycles. The highest BCUT2D eigenvalue weighted by Crippen LogP contribution is 2.40. The molecule has 0 aromatic rings. The van der Waals surface area contributed by atoms with Gasteiger partial charge in [0.1, 0.15) is 0 Å². The van der Waals surface area contributed by atoms with Gasteiger partial charge in [0.25, 0.3) is 0 Å². The molecular weight excluding hydrogens is 186 g/mol. The van der Waals surface area contributed by atoms with Gasteiger partial charge < -0.3 is 10.1 Å². The summed E-state index contributed by atoms with van der Waals surface area (Å²) in [5.41, 5.74) is 0.242. The highest BCUT2D eigenvalue weighted by atomic mass is 16.5. The van der Waals surface area contributed by atoms with Gasteiger partial charge in [-0.3, -0.25) is 0 Å². The summed E-state index contributed by atoms with van der Waals surface area (Å²) in [5, 5.41) is 3.62. The molecule has 2 aliphatic rings. The third kappa shape index (κ3) is 3.46. The van der Waals surface area contributed by atoms with E-state index in [2.05, 4.69) is 26.1 Å². The first-order chi connectivity index (χ1) is 7.06. The number of nitrogens with one attached hydrogen (secondary N) is 1. The van der Waals surface area contributed by atoms with E-state index in [-0.39, 0.29) is 5.54 Å². The first kappa shape index (κ1) is 11.4. The molecule has 15 heavy (non-hydrogen) atoms. The second-order valence-electron chi connectivity index (χ2n) is 6.21. The van der Waals surface area contributed by atoms with Crippen LogP contribution in [0.2, 0.25) is 0 Å². The Balaban J connectivity index is 1.82. The van der Waals surface area contributed by atoms with Crippen LogP contribution in [-0.2, 0) is 4.74 Å². The molecule has 1 aliphatic carbocycles. The maximum absolute atomic E-state index is 5.94. The molecule has 1 heterocycles. The van der Waals surface area contributed by atoms with Crippen molar-refractivity contribution in [1.29, 1.82) is 0 Å². The van der Waals surface area contributed by atoms with Crippen molar-refractivity contribution in [1.82, 2.24) is 5.32 Å². The van der Waals surface area contributed by atoms with E-state index in [0.717, 1.165) is 25.0 Å². The smallest absolute Gasteiger partial charge is 0.0643 e. The van der Waals surface area contributed by atoms with Crippen molar-refractivity contribution in [3.05, 3.63) is 0 Å². The van der Waals surface area contributed by atoms with Crippen LogP contribution in [-0.4, -0.2) is 24.8 Å². The van der Waals surface area contributed by atoms with E-state index in [1.807, 2.05) is 0 Å². The molecule has 0 aromatic carbocycles. The predicted octanol–water partition coefficient (Wildman–Crippen LogP) is 2.58. The van der Waals surface area contributed by atoms with Crippen LogP contribution in [0.1, 0.15) is 46.5 Å². The number of hydrogen-bond donors (Lipinski definition) is 1. The van der Waals surface area contributed by atoms with Gasteiger partial charge in [-0.15, -0.1) is 0 Å². The summed E-state index contributed by atoms with van der Waals surface area (Å²) in [7, 11) is 0. The van der Waals surface area contributed by atoms with Gasteiger partial charge in [0.15, 0.2) is 0 Å². The fraction of sp³-hybridized carbons (Fsp3) is 1.00. The van der Waals surface area contributed by atoms with E-state index >= 15 is 0 Å². The van der Waals surface area contributed by atoms with Gasteiger partial charge in [0.2, 0.25) is 0 Å². The van der Waals surface area contributed by atoms with Crippen molar-refractivity contribution in [2.45, 2.75) is 58.1 Å². The molecule has 1 N–H and O–H groups in total. The lowest BCUT2D eigenvalue weighted by Crippen LogP contribution is -2.44. The van der Waals surface area contributed by atoms with Crippen molar-refractivity contribution >= 4 is 0 Å². The number of rotatable bonds is 3. The van der Waals surface area contributed by atoms with E-state index in [4.69, 9.17) is 4.74 Å². The van der Waals surface area contributed by atoms with Crippen LogP contribution in [0.4, 0.5) is 0 Å². The van der Waals surface area contributed by atoms with Gasteiger partial charge >= 0.3 is 0 Å². The molecular formula is C13H25NO. The maximum atomic E-state index is 5.94. The zero-order valence-corrected chi connectivity index (χ0v) is 10.4. The second kappa shape index (κ2) is 4.42. The van der Waals surface area contributed by atoms with Crippen LogP contribution >= 0.6 is 0 Å². The molecule has 2 rings (SSSR count). The molecule has 2 heteroatoms. The number of hydrogen-bond acceptors (Lipinski definition) is 2. The van der Waals surface area contributed by atoms with Crippen molar-refractivity contribution < 1.29 is 4.74 Å². The molecule has 0 aromatic heterocycles. The normalized spacial score (nSPS) is 33.0. The highest BCUT2D eigenvalue weighted by Gasteiger charge is 2.38. The Morgan fingerprint density at radius 2 is 1.93 bits per heavy atom. The summed E-state index contributed by atoms with van der Waals surface area (Å²) >= 11 is 0. The zero-order valence-electron chi connectivity index (χ0n) is 10.4. The fourth-order valence-electron chi connectivity index (χ4n) is 2.47. The van der Waals surface area contributed by atoms with E-state index in [0.29, 0.717) is 6.10 Å². The summed E-state index contributed by atoms with van der Waals surface area (Å²) in [6.07, 6.45) is 5.96. The number of ether oxygens (including phenoxy) is 1. The molecule has 2 fully saturated rings. The quantitative estimate of drug-likeness (QED) is 0.774. The lowest BCUT2D eigenvalue weighted by molar-refractivity contribution is -0.0399. The van der Waals surface area contributed by atoms with Crippen molar-refractivity contribution in [3.63, 3.8) is 0 Å². The summed E-state index contributed by atoms with van der Waals surface area (Å²) < 4.78 is 5.94. The minimum absolute atomic E-state index is 0.242. The first-order valence-corrected chi connectivity index (χ1v) is 6.43. The lowest BCUT2D eigenvalue weighted by Gasteiger charge is -2.34. The monoisotopic (exact) mass is 211 g/mol. The summed E-state index contributed by atoms with van der Waals surface area (Å²) in [5.74, 6) is 1.64. The standard InChI is InChI=1S/C13H25NO/c1-13(2,3)14-9-11-5-4-8-15-12(11)10-6-7-10/h10-12,14H,4-9H2,1-3H3. The third-order valence-electron chi connectivity index (χ3n) is 3.48. The Bertz CT molecular complexity index is 205. The molecule has 0 spiro atoms. The molecule has 88 valence electrons. The topological polar surface area (TPSA) is 21.3 Å². The van der Waals surface area contributed by atoms with Gasteiger partial charge in [0, 0.05) is 18.7 Å². The van der Waals surface area contributed by atoms with Crippen LogP contribution in [0.3, 0.4) is 0 Å². The van der Waals surface area contributed by atoms with E-state index < -0.39 is 0 Å². The Morgan fingerprint density at radius 1 is 1.20 bits per heavy atom. The molecule has 1 saturated heterocycles. The second-order valence-corrected chi connectivity index (χ2v) is 6.21. The molecule has 0 amide bonds. The maximum Gasteiger partial charge on any atom is 0.0643 e. The summed E-state index contributed by atoms with van der Waals surface area (Å²) in [6.45, 7) is 8.84.